The van der Waals surface area contributed by atoms with E-state index < -0.39 is 6.10 Å². The lowest BCUT2D eigenvalue weighted by atomic mass is 9.96. The average molecular weight is 222 g/mol. The molecule has 0 heterocycles. The molecule has 1 N–H and O–H groups in total. The molecule has 0 aliphatic rings. The highest BCUT2D eigenvalue weighted by molar-refractivity contribution is 5.69. The summed E-state index contributed by atoms with van der Waals surface area (Å²) >= 11 is 0. The van der Waals surface area contributed by atoms with Crippen molar-refractivity contribution in [2.24, 2.45) is 0 Å². The van der Waals surface area contributed by atoms with Crippen LogP contribution in [0.5, 0.6) is 0 Å². The van der Waals surface area contributed by atoms with Gasteiger partial charge in [-0.25, -0.2) is 0 Å². The number of aliphatic hydroxyl groups is 1. The summed E-state index contributed by atoms with van der Waals surface area (Å²) in [7, 11) is 0. The molecule has 0 radical (unpaired) electrons. The number of hydrogen-bond donors (Lipinski definition) is 1. The monoisotopic (exact) mass is 222 g/mol. The van der Waals surface area contributed by atoms with E-state index in [2.05, 4.69) is 12.3 Å². The zero-order valence-corrected chi connectivity index (χ0v) is 9.51. The third-order valence-electron chi connectivity index (χ3n) is 2.66. The molecule has 0 amide bonds. The van der Waals surface area contributed by atoms with E-state index >= 15 is 0 Å². The van der Waals surface area contributed by atoms with Crippen LogP contribution in [-0.4, -0.2) is 5.11 Å². The molecular formula is C16H14O. The van der Waals surface area contributed by atoms with E-state index in [0.717, 1.165) is 11.1 Å². The second-order valence-electron chi connectivity index (χ2n) is 3.77. The fourth-order valence-electron chi connectivity index (χ4n) is 1.78. The molecule has 0 unspecified atom stereocenters. The zero-order valence-electron chi connectivity index (χ0n) is 9.51. The van der Waals surface area contributed by atoms with Crippen molar-refractivity contribution >= 4 is 5.57 Å². The highest BCUT2D eigenvalue weighted by Gasteiger charge is 2.13. The Hall–Kier alpha value is -2.08. The summed E-state index contributed by atoms with van der Waals surface area (Å²) in [6.07, 6.45) is -0.684. The minimum atomic E-state index is -0.684. The van der Waals surface area contributed by atoms with E-state index in [-0.39, 0.29) is 0 Å². The number of rotatable bonds is 3. The van der Waals surface area contributed by atoms with Gasteiger partial charge >= 0.3 is 0 Å². The zero-order chi connectivity index (χ0) is 12.1. The van der Waals surface area contributed by atoms with Gasteiger partial charge in [-0.3, -0.25) is 0 Å². The first-order valence-corrected chi connectivity index (χ1v) is 5.51. The van der Waals surface area contributed by atoms with Gasteiger partial charge in [-0.1, -0.05) is 67.2 Å². The predicted octanol–water partition coefficient (Wildman–Crippen LogP) is 3.59. The van der Waals surface area contributed by atoms with E-state index in [1.165, 1.54) is 0 Å². The van der Waals surface area contributed by atoms with Crippen LogP contribution in [-0.2, 0) is 0 Å². The number of benzene rings is 2. The summed E-state index contributed by atoms with van der Waals surface area (Å²) in [5, 5.41) is 10.3. The quantitative estimate of drug-likeness (QED) is 0.787. The van der Waals surface area contributed by atoms with Crippen molar-refractivity contribution in [2.75, 3.05) is 0 Å². The number of hydrogen-bond acceptors (Lipinski definition) is 1. The van der Waals surface area contributed by atoms with E-state index in [9.17, 15) is 5.11 Å². The lowest BCUT2D eigenvalue weighted by Crippen LogP contribution is -1.99. The Morgan fingerprint density at radius 2 is 1.47 bits per heavy atom. The van der Waals surface area contributed by atoms with Gasteiger partial charge in [0.2, 0.25) is 0 Å². The molecule has 0 saturated carbocycles. The maximum absolute atomic E-state index is 10.3. The smallest absolute Gasteiger partial charge is 0.112 e. The Kier molecular flexibility index (Phi) is 3.56. The molecule has 2 aromatic carbocycles. The van der Waals surface area contributed by atoms with Crippen LogP contribution in [0.1, 0.15) is 17.2 Å². The van der Waals surface area contributed by atoms with E-state index in [1.54, 1.807) is 0 Å². The molecule has 0 aromatic heterocycles. The van der Waals surface area contributed by atoms with Crippen LogP contribution >= 0.6 is 0 Å². The Morgan fingerprint density at radius 1 is 0.941 bits per heavy atom. The van der Waals surface area contributed by atoms with E-state index in [4.69, 9.17) is 0 Å². The fraction of sp³-hybridized carbons (Fsp3) is 0.0625. The van der Waals surface area contributed by atoms with Crippen molar-refractivity contribution in [3.05, 3.63) is 84.1 Å². The van der Waals surface area contributed by atoms with Crippen molar-refractivity contribution in [1.29, 1.82) is 0 Å². The van der Waals surface area contributed by atoms with Gasteiger partial charge in [0.15, 0.2) is 0 Å². The van der Waals surface area contributed by atoms with Gasteiger partial charge in [0.25, 0.3) is 0 Å². The standard InChI is InChI=1S/C16H14O/c1-2-15(13-9-5-3-6-10-13)16(17)14-11-7-4-8-12-14/h3-12,16-17H,1H2/t16-/m0/s1. The Bertz CT molecular complexity index is 522. The SMILES string of the molecule is C=C=C(c1ccccc1)[C@@H](O)c1ccccc1. The molecule has 2 rings (SSSR count). The maximum atomic E-state index is 10.3. The van der Waals surface area contributed by atoms with Crippen LogP contribution < -0.4 is 0 Å². The largest absolute Gasteiger partial charge is 0.383 e. The Balaban J connectivity index is 2.36. The summed E-state index contributed by atoms with van der Waals surface area (Å²) in [5.41, 5.74) is 5.33. The van der Waals surface area contributed by atoms with Crippen molar-refractivity contribution in [1.82, 2.24) is 0 Å². The van der Waals surface area contributed by atoms with Crippen molar-refractivity contribution in [3.8, 4) is 0 Å². The van der Waals surface area contributed by atoms with Crippen LogP contribution in [0.2, 0.25) is 0 Å². The molecule has 0 spiro atoms. The molecular weight excluding hydrogens is 208 g/mol. The topological polar surface area (TPSA) is 20.2 Å². The van der Waals surface area contributed by atoms with Crippen molar-refractivity contribution in [3.63, 3.8) is 0 Å². The minimum absolute atomic E-state index is 0.684. The summed E-state index contributed by atoms with van der Waals surface area (Å²) < 4.78 is 0. The van der Waals surface area contributed by atoms with Crippen molar-refractivity contribution in [2.45, 2.75) is 6.10 Å². The molecule has 0 fully saturated rings. The van der Waals surface area contributed by atoms with Gasteiger partial charge in [0.05, 0.1) is 0 Å². The lowest BCUT2D eigenvalue weighted by molar-refractivity contribution is 0.238. The summed E-state index contributed by atoms with van der Waals surface area (Å²) in [6.45, 7) is 3.66. The first-order chi connectivity index (χ1) is 8.33. The highest BCUT2D eigenvalue weighted by atomic mass is 16.3. The molecule has 0 aliphatic carbocycles. The van der Waals surface area contributed by atoms with Crippen LogP contribution in [0.3, 0.4) is 0 Å². The molecule has 0 saturated heterocycles. The summed E-state index contributed by atoms with van der Waals surface area (Å²) in [5.74, 6) is 0. The van der Waals surface area contributed by atoms with Gasteiger partial charge < -0.3 is 5.11 Å². The third kappa shape index (κ3) is 2.54. The normalized spacial score (nSPS) is 11.6. The fourth-order valence-corrected chi connectivity index (χ4v) is 1.78. The lowest BCUT2D eigenvalue weighted by Gasteiger charge is -2.13. The highest BCUT2D eigenvalue weighted by Crippen LogP contribution is 2.28. The van der Waals surface area contributed by atoms with Crippen LogP contribution in [0.4, 0.5) is 0 Å². The maximum Gasteiger partial charge on any atom is 0.112 e. The Labute approximate surface area is 101 Å². The van der Waals surface area contributed by atoms with Crippen LogP contribution in [0.15, 0.2) is 73.0 Å². The second kappa shape index (κ2) is 5.31. The van der Waals surface area contributed by atoms with Gasteiger partial charge in [0.1, 0.15) is 6.10 Å². The van der Waals surface area contributed by atoms with Gasteiger partial charge in [-0.2, -0.15) is 0 Å². The third-order valence-corrected chi connectivity index (χ3v) is 2.66. The van der Waals surface area contributed by atoms with E-state index in [0.29, 0.717) is 5.57 Å². The molecule has 17 heavy (non-hydrogen) atoms. The Morgan fingerprint density at radius 3 is 2.00 bits per heavy atom. The minimum Gasteiger partial charge on any atom is -0.383 e. The van der Waals surface area contributed by atoms with Crippen LogP contribution in [0.25, 0.3) is 5.57 Å². The summed E-state index contributed by atoms with van der Waals surface area (Å²) in [6, 6.07) is 19.2. The predicted molar refractivity (Wildman–Crippen MR) is 70.4 cm³/mol. The average Bonchev–Trinajstić information content (AvgIpc) is 2.42. The van der Waals surface area contributed by atoms with Crippen LogP contribution in [0, 0.1) is 0 Å². The molecule has 1 nitrogen and oxygen atoms in total. The second-order valence-corrected chi connectivity index (χ2v) is 3.77. The first-order valence-electron chi connectivity index (χ1n) is 5.51. The molecule has 0 bridgehead atoms. The first kappa shape index (κ1) is 11.4. The molecule has 84 valence electrons. The molecule has 1 atom stereocenters. The molecule has 1 heteroatoms. The van der Waals surface area contributed by atoms with Gasteiger partial charge in [0, 0.05) is 5.57 Å². The number of aliphatic hydroxyl groups excluding tert-OH is 1. The van der Waals surface area contributed by atoms with Gasteiger partial charge in [-0.05, 0) is 11.1 Å². The molecule has 2 aromatic rings. The van der Waals surface area contributed by atoms with Gasteiger partial charge in [-0.15, -0.1) is 5.73 Å². The van der Waals surface area contributed by atoms with E-state index in [1.807, 2.05) is 60.7 Å². The summed E-state index contributed by atoms with van der Waals surface area (Å²) in [4.78, 5) is 0. The molecule has 0 aliphatic heterocycles. The van der Waals surface area contributed by atoms with Crippen molar-refractivity contribution < 1.29 is 5.11 Å².